The first-order valence-electron chi connectivity index (χ1n) is 8.95. The Morgan fingerprint density at radius 2 is 2.04 bits per heavy atom. The summed E-state index contributed by atoms with van der Waals surface area (Å²) < 4.78 is 33.6. The van der Waals surface area contributed by atoms with E-state index >= 15 is 0 Å². The lowest BCUT2D eigenvalue weighted by Crippen LogP contribution is -2.32. The topological polar surface area (TPSA) is 61.2 Å². The van der Waals surface area contributed by atoms with Crippen LogP contribution >= 0.6 is 11.6 Å². The van der Waals surface area contributed by atoms with E-state index in [1.807, 2.05) is 11.8 Å². The molecule has 0 amide bonds. The summed E-state index contributed by atoms with van der Waals surface area (Å²) in [6.45, 7) is 4.28. The van der Waals surface area contributed by atoms with E-state index in [4.69, 9.17) is 21.6 Å². The molecule has 2 aromatic rings. The highest BCUT2D eigenvalue weighted by molar-refractivity contribution is 6.30. The summed E-state index contributed by atoms with van der Waals surface area (Å²) in [4.78, 5) is 6.41. The monoisotopic (exact) mass is 406 g/mol. The lowest BCUT2D eigenvalue weighted by molar-refractivity contribution is 0.210. The van der Waals surface area contributed by atoms with E-state index in [1.165, 1.54) is 0 Å². The molecule has 1 N–H and O–H groups in total. The molecule has 5 nitrogen and oxygen atoms in total. The van der Waals surface area contributed by atoms with Crippen molar-refractivity contribution in [3.8, 4) is 6.07 Å². The van der Waals surface area contributed by atoms with Crippen molar-refractivity contribution in [1.82, 2.24) is 9.88 Å². The Balaban J connectivity index is 1.86. The summed E-state index contributed by atoms with van der Waals surface area (Å²) in [7, 11) is 1.62. The zero-order valence-corrected chi connectivity index (χ0v) is 16.5. The highest BCUT2D eigenvalue weighted by atomic mass is 35.5. The number of methoxy groups -OCH3 is 1. The van der Waals surface area contributed by atoms with Gasteiger partial charge in [0.05, 0.1) is 18.2 Å². The van der Waals surface area contributed by atoms with Crippen LogP contribution in [0.25, 0.3) is 0 Å². The Labute approximate surface area is 167 Å². The summed E-state index contributed by atoms with van der Waals surface area (Å²) in [5.74, 6) is -0.731. The molecular weight excluding hydrogens is 386 g/mol. The number of nitrogens with one attached hydrogen (secondary N) is 1. The van der Waals surface area contributed by atoms with E-state index < -0.39 is 11.6 Å². The first kappa shape index (κ1) is 20.5. The fraction of sp³-hybridized carbons (Fsp3) is 0.400. The summed E-state index contributed by atoms with van der Waals surface area (Å²) >= 11 is 6.28. The van der Waals surface area contributed by atoms with E-state index in [9.17, 15) is 8.78 Å². The summed E-state index contributed by atoms with van der Waals surface area (Å²) in [5, 5.41) is 12.5. The third-order valence-corrected chi connectivity index (χ3v) is 5.30. The van der Waals surface area contributed by atoms with Crippen LogP contribution in [0.5, 0.6) is 0 Å². The van der Waals surface area contributed by atoms with E-state index in [1.54, 1.807) is 13.2 Å². The standard InChI is InChI=1S/C20H21ClF2N4O/c1-12-14-3-5-27(11-16-17(22)7-13(9-24)8-18(16)23)10-15(14)20(26-19(12)21)25-4-6-28-2/h7-8H,3-6,10-11H2,1-2H3,(H,25,26). The summed E-state index contributed by atoms with van der Waals surface area (Å²) in [6.07, 6.45) is 0.710. The molecule has 148 valence electrons. The molecule has 0 spiro atoms. The number of halogens is 3. The SMILES string of the molecule is COCCNc1nc(Cl)c(C)c2c1CN(Cc1c(F)cc(C#N)cc1F)CC2. The molecule has 0 atom stereocenters. The molecule has 1 aromatic heterocycles. The molecule has 0 aliphatic carbocycles. The minimum absolute atomic E-state index is 0.0261. The van der Waals surface area contributed by atoms with Crippen LogP contribution in [-0.2, 0) is 24.2 Å². The van der Waals surface area contributed by atoms with Crippen LogP contribution in [0, 0.1) is 29.9 Å². The molecule has 3 rings (SSSR count). The number of nitrogens with zero attached hydrogens (tertiary/aromatic N) is 3. The second kappa shape index (κ2) is 8.82. The van der Waals surface area contributed by atoms with Crippen molar-refractivity contribution in [2.45, 2.75) is 26.4 Å². The van der Waals surface area contributed by atoms with Crippen molar-refractivity contribution in [3.05, 3.63) is 56.7 Å². The van der Waals surface area contributed by atoms with Gasteiger partial charge in [0.2, 0.25) is 0 Å². The fourth-order valence-electron chi connectivity index (χ4n) is 3.42. The third-order valence-electron chi connectivity index (χ3n) is 4.93. The number of benzene rings is 1. The second-order valence-electron chi connectivity index (χ2n) is 6.74. The van der Waals surface area contributed by atoms with Crippen molar-refractivity contribution < 1.29 is 13.5 Å². The maximum Gasteiger partial charge on any atom is 0.134 e. The quantitative estimate of drug-likeness (QED) is 0.584. The lowest BCUT2D eigenvalue weighted by Gasteiger charge is -2.31. The molecule has 0 saturated carbocycles. The first-order valence-corrected chi connectivity index (χ1v) is 9.33. The average Bonchev–Trinajstić information content (AvgIpc) is 2.68. The molecule has 0 bridgehead atoms. The molecule has 0 saturated heterocycles. The number of fused-ring (bicyclic) bond motifs is 1. The van der Waals surface area contributed by atoms with Crippen molar-refractivity contribution in [3.63, 3.8) is 0 Å². The Bertz CT molecular complexity index is 906. The highest BCUT2D eigenvalue weighted by Gasteiger charge is 2.25. The van der Waals surface area contributed by atoms with Crippen LogP contribution in [0.3, 0.4) is 0 Å². The normalized spacial score (nSPS) is 13.9. The molecule has 1 aliphatic rings. The van der Waals surface area contributed by atoms with Crippen LogP contribution in [0.4, 0.5) is 14.6 Å². The summed E-state index contributed by atoms with van der Waals surface area (Å²) in [6, 6.07) is 3.90. The van der Waals surface area contributed by atoms with Gasteiger partial charge in [-0.25, -0.2) is 13.8 Å². The van der Waals surface area contributed by atoms with Crippen LogP contribution in [0.15, 0.2) is 12.1 Å². The molecule has 0 unspecified atom stereocenters. The Morgan fingerprint density at radius 1 is 1.32 bits per heavy atom. The van der Waals surface area contributed by atoms with Gasteiger partial charge in [-0.05, 0) is 36.6 Å². The minimum atomic E-state index is -0.703. The van der Waals surface area contributed by atoms with Crippen molar-refractivity contribution in [2.24, 2.45) is 0 Å². The van der Waals surface area contributed by atoms with E-state index in [-0.39, 0.29) is 17.7 Å². The van der Waals surface area contributed by atoms with Gasteiger partial charge in [-0.1, -0.05) is 11.6 Å². The number of anilines is 1. The highest BCUT2D eigenvalue weighted by Crippen LogP contribution is 2.32. The molecule has 1 aliphatic heterocycles. The van der Waals surface area contributed by atoms with E-state index in [0.29, 0.717) is 43.6 Å². The number of hydrogen-bond acceptors (Lipinski definition) is 5. The van der Waals surface area contributed by atoms with Crippen molar-refractivity contribution in [1.29, 1.82) is 5.26 Å². The predicted molar refractivity (Wildman–Crippen MR) is 103 cm³/mol. The van der Waals surface area contributed by atoms with Gasteiger partial charge in [0.15, 0.2) is 0 Å². The van der Waals surface area contributed by atoms with E-state index in [0.717, 1.165) is 28.8 Å². The van der Waals surface area contributed by atoms with Gasteiger partial charge in [0, 0.05) is 44.4 Å². The van der Waals surface area contributed by atoms with Gasteiger partial charge in [-0.2, -0.15) is 5.26 Å². The molecular formula is C20H21ClF2N4O. The number of nitriles is 1. The fourth-order valence-corrected chi connectivity index (χ4v) is 3.62. The molecule has 1 aromatic carbocycles. The molecule has 2 heterocycles. The number of pyridine rings is 1. The summed E-state index contributed by atoms with van der Waals surface area (Å²) in [5.41, 5.74) is 2.98. The van der Waals surface area contributed by atoms with Gasteiger partial charge in [-0.3, -0.25) is 4.90 Å². The largest absolute Gasteiger partial charge is 0.383 e. The maximum absolute atomic E-state index is 14.3. The van der Waals surface area contributed by atoms with Crippen molar-refractivity contribution >= 4 is 17.4 Å². The van der Waals surface area contributed by atoms with Gasteiger partial charge in [-0.15, -0.1) is 0 Å². The molecule has 8 heteroatoms. The Kier molecular flexibility index (Phi) is 6.45. The Morgan fingerprint density at radius 3 is 2.68 bits per heavy atom. The van der Waals surface area contributed by atoms with Gasteiger partial charge in [0.1, 0.15) is 22.6 Å². The third kappa shape index (κ3) is 4.25. The predicted octanol–water partition coefficient (Wildman–Crippen LogP) is 3.81. The molecule has 0 radical (unpaired) electrons. The van der Waals surface area contributed by atoms with Crippen molar-refractivity contribution in [2.75, 3.05) is 32.1 Å². The lowest BCUT2D eigenvalue weighted by atomic mass is 9.96. The number of hydrogen-bond donors (Lipinski definition) is 1. The van der Waals surface area contributed by atoms with Crippen LogP contribution in [0.2, 0.25) is 5.15 Å². The van der Waals surface area contributed by atoms with E-state index in [2.05, 4.69) is 10.3 Å². The maximum atomic E-state index is 14.3. The van der Waals surface area contributed by atoms with Crippen LogP contribution < -0.4 is 5.32 Å². The first-order chi connectivity index (χ1) is 13.4. The number of ether oxygens (including phenoxy) is 1. The zero-order valence-electron chi connectivity index (χ0n) is 15.8. The minimum Gasteiger partial charge on any atom is -0.383 e. The molecule has 0 fully saturated rings. The Hall–Kier alpha value is -2.27. The van der Waals surface area contributed by atoms with Crippen LogP contribution in [0.1, 0.15) is 27.8 Å². The second-order valence-corrected chi connectivity index (χ2v) is 7.10. The van der Waals surface area contributed by atoms with Crippen LogP contribution in [-0.4, -0.2) is 36.7 Å². The molecule has 28 heavy (non-hydrogen) atoms. The van der Waals surface area contributed by atoms with Gasteiger partial charge >= 0.3 is 0 Å². The number of aromatic nitrogens is 1. The van der Waals surface area contributed by atoms with Gasteiger partial charge < -0.3 is 10.1 Å². The smallest absolute Gasteiger partial charge is 0.134 e. The average molecular weight is 407 g/mol. The van der Waals surface area contributed by atoms with Gasteiger partial charge in [0.25, 0.3) is 0 Å². The number of rotatable bonds is 6. The zero-order chi connectivity index (χ0) is 20.3.